The number of hydrazine groups is 1. The summed E-state index contributed by atoms with van der Waals surface area (Å²) in [5.74, 6) is 0.295. The number of hydrogen-bond donors (Lipinski definition) is 2. The molecule has 0 spiro atoms. The van der Waals surface area contributed by atoms with Gasteiger partial charge in [-0.1, -0.05) is 24.3 Å². The van der Waals surface area contributed by atoms with Crippen LogP contribution in [0.1, 0.15) is 23.4 Å². The third-order valence-corrected chi connectivity index (χ3v) is 5.75. The maximum atomic E-state index is 12.4. The van der Waals surface area contributed by atoms with E-state index in [2.05, 4.69) is 16.0 Å². The van der Waals surface area contributed by atoms with E-state index in [0.29, 0.717) is 17.9 Å². The molecule has 9 heteroatoms. The van der Waals surface area contributed by atoms with Crippen molar-refractivity contribution in [1.82, 2.24) is 25.4 Å². The van der Waals surface area contributed by atoms with Gasteiger partial charge in [-0.25, -0.2) is 9.50 Å². The van der Waals surface area contributed by atoms with E-state index >= 15 is 0 Å². The number of carbonyl (C=O) groups excluding carboxylic acids is 2. The molecule has 33 heavy (non-hydrogen) atoms. The lowest BCUT2D eigenvalue weighted by Crippen LogP contribution is -2.50. The molecule has 1 aliphatic rings. The molecular formula is C24H23N5O4. The molecule has 2 amide bonds. The van der Waals surface area contributed by atoms with Crippen molar-refractivity contribution in [2.24, 2.45) is 0 Å². The van der Waals surface area contributed by atoms with Crippen LogP contribution in [0.4, 0.5) is 0 Å². The molecule has 0 radical (unpaired) electrons. The smallest absolute Gasteiger partial charge is 0.283 e. The van der Waals surface area contributed by atoms with E-state index in [1.54, 1.807) is 18.2 Å². The zero-order chi connectivity index (χ0) is 22.9. The molecule has 1 unspecified atom stereocenters. The standard InChI is InChI=1S/C24H23N5O4/c1-14-16(15(2)29-23(25-14)17-7-3-4-8-18(17)28-29)11-12-22(30)26-27-24(31)21-13-32-19-9-5-6-10-20(19)33-21/h3-10,21H,11-13H2,1-2H3,(H,26,30)(H,27,31). The van der Waals surface area contributed by atoms with Crippen molar-refractivity contribution in [2.75, 3.05) is 6.61 Å². The number of hydrogen-bond acceptors (Lipinski definition) is 6. The maximum Gasteiger partial charge on any atom is 0.283 e. The van der Waals surface area contributed by atoms with Gasteiger partial charge in [-0.05, 0) is 50.1 Å². The van der Waals surface area contributed by atoms with Crippen LogP contribution in [0.2, 0.25) is 0 Å². The lowest BCUT2D eigenvalue weighted by molar-refractivity contribution is -0.135. The summed E-state index contributed by atoms with van der Waals surface area (Å²) in [5, 5.41) is 5.63. The van der Waals surface area contributed by atoms with Crippen molar-refractivity contribution in [3.05, 3.63) is 65.5 Å². The highest BCUT2D eigenvalue weighted by molar-refractivity contribution is 5.92. The van der Waals surface area contributed by atoms with Crippen molar-refractivity contribution in [3.8, 4) is 11.5 Å². The second-order valence-electron chi connectivity index (χ2n) is 7.92. The molecule has 2 aromatic heterocycles. The summed E-state index contributed by atoms with van der Waals surface area (Å²) in [4.78, 5) is 29.5. The Balaban J connectivity index is 1.21. The number of benzene rings is 2. The first kappa shape index (κ1) is 20.7. The monoisotopic (exact) mass is 445 g/mol. The molecule has 4 aromatic rings. The van der Waals surface area contributed by atoms with E-state index in [9.17, 15) is 9.59 Å². The Morgan fingerprint density at radius 1 is 1.06 bits per heavy atom. The highest BCUT2D eigenvalue weighted by atomic mass is 16.6. The van der Waals surface area contributed by atoms with Gasteiger partial charge in [-0.2, -0.15) is 5.10 Å². The first-order valence-corrected chi connectivity index (χ1v) is 10.7. The van der Waals surface area contributed by atoms with Gasteiger partial charge in [0.25, 0.3) is 5.91 Å². The predicted molar refractivity (Wildman–Crippen MR) is 121 cm³/mol. The average molecular weight is 445 g/mol. The molecule has 0 saturated carbocycles. The van der Waals surface area contributed by atoms with Gasteiger partial charge in [0.05, 0.1) is 5.52 Å². The van der Waals surface area contributed by atoms with Crippen LogP contribution in [0.15, 0.2) is 48.5 Å². The van der Waals surface area contributed by atoms with Gasteiger partial charge in [0.15, 0.2) is 17.1 Å². The average Bonchev–Trinajstić information content (AvgIpc) is 3.21. The van der Waals surface area contributed by atoms with Gasteiger partial charge < -0.3 is 9.47 Å². The van der Waals surface area contributed by atoms with Gasteiger partial charge in [-0.3, -0.25) is 20.4 Å². The molecule has 1 aliphatic heterocycles. The van der Waals surface area contributed by atoms with Crippen molar-refractivity contribution in [2.45, 2.75) is 32.8 Å². The molecule has 0 aliphatic carbocycles. The fourth-order valence-corrected chi connectivity index (χ4v) is 4.00. The number of para-hydroxylation sites is 2. The van der Waals surface area contributed by atoms with Gasteiger partial charge >= 0.3 is 0 Å². The predicted octanol–water partition coefficient (Wildman–Crippen LogP) is 2.42. The second-order valence-corrected chi connectivity index (χ2v) is 7.92. The Bertz CT molecular complexity index is 1380. The topological polar surface area (TPSA) is 107 Å². The summed E-state index contributed by atoms with van der Waals surface area (Å²) < 4.78 is 13.0. The first-order chi connectivity index (χ1) is 16.0. The lowest BCUT2D eigenvalue weighted by atomic mass is 10.1. The number of aryl methyl sites for hydroxylation is 2. The Kier molecular flexibility index (Phi) is 5.29. The number of aromatic nitrogens is 3. The molecule has 0 saturated heterocycles. The van der Waals surface area contributed by atoms with Crippen LogP contribution in [-0.4, -0.2) is 39.1 Å². The van der Waals surface area contributed by atoms with Crippen molar-refractivity contribution in [1.29, 1.82) is 0 Å². The van der Waals surface area contributed by atoms with Crippen LogP contribution in [0, 0.1) is 13.8 Å². The fourth-order valence-electron chi connectivity index (χ4n) is 4.00. The number of nitrogens with one attached hydrogen (secondary N) is 2. The molecule has 3 heterocycles. The number of rotatable bonds is 4. The summed E-state index contributed by atoms with van der Waals surface area (Å²) in [6.07, 6.45) is -0.194. The fraction of sp³-hybridized carbons (Fsp3) is 0.250. The summed E-state index contributed by atoms with van der Waals surface area (Å²) in [7, 11) is 0. The summed E-state index contributed by atoms with van der Waals surface area (Å²) >= 11 is 0. The van der Waals surface area contributed by atoms with Gasteiger partial charge in [0, 0.05) is 23.2 Å². The van der Waals surface area contributed by atoms with Crippen LogP contribution in [0.5, 0.6) is 11.5 Å². The van der Waals surface area contributed by atoms with E-state index in [0.717, 1.165) is 33.5 Å². The van der Waals surface area contributed by atoms with E-state index in [-0.39, 0.29) is 18.9 Å². The largest absolute Gasteiger partial charge is 0.485 e. The number of ether oxygens (including phenoxy) is 2. The van der Waals surface area contributed by atoms with Crippen LogP contribution >= 0.6 is 0 Å². The molecular weight excluding hydrogens is 422 g/mol. The minimum Gasteiger partial charge on any atom is -0.485 e. The van der Waals surface area contributed by atoms with Crippen LogP contribution in [0.3, 0.4) is 0 Å². The van der Waals surface area contributed by atoms with E-state index < -0.39 is 12.0 Å². The van der Waals surface area contributed by atoms with Gasteiger partial charge in [0.2, 0.25) is 12.0 Å². The van der Waals surface area contributed by atoms with Crippen molar-refractivity contribution < 1.29 is 19.1 Å². The van der Waals surface area contributed by atoms with Crippen LogP contribution in [-0.2, 0) is 16.0 Å². The molecule has 1 atom stereocenters. The molecule has 2 N–H and O–H groups in total. The quantitative estimate of drug-likeness (QED) is 0.467. The minimum atomic E-state index is -0.842. The number of amides is 2. The van der Waals surface area contributed by atoms with Gasteiger partial charge in [-0.15, -0.1) is 0 Å². The Labute approximate surface area is 189 Å². The van der Waals surface area contributed by atoms with Crippen LogP contribution in [0.25, 0.3) is 16.6 Å². The summed E-state index contributed by atoms with van der Waals surface area (Å²) in [6.45, 7) is 3.98. The molecule has 0 fully saturated rings. The molecule has 2 aromatic carbocycles. The van der Waals surface area contributed by atoms with E-state index in [1.807, 2.05) is 48.7 Å². The zero-order valence-electron chi connectivity index (χ0n) is 18.3. The number of nitrogens with zero attached hydrogens (tertiary/aromatic N) is 3. The van der Waals surface area contributed by atoms with E-state index in [4.69, 9.17) is 14.5 Å². The number of carbonyl (C=O) groups is 2. The first-order valence-electron chi connectivity index (χ1n) is 10.7. The summed E-state index contributed by atoms with van der Waals surface area (Å²) in [5.41, 5.74) is 9.31. The highest BCUT2D eigenvalue weighted by Crippen LogP contribution is 2.30. The van der Waals surface area contributed by atoms with Gasteiger partial charge in [0.1, 0.15) is 6.61 Å². The minimum absolute atomic E-state index is 0.0705. The normalized spacial score (nSPS) is 14.9. The van der Waals surface area contributed by atoms with Crippen molar-refractivity contribution >= 4 is 28.4 Å². The molecule has 0 bridgehead atoms. The summed E-state index contributed by atoms with van der Waals surface area (Å²) in [6, 6.07) is 15.0. The second kappa shape index (κ2) is 8.42. The molecule has 5 rings (SSSR count). The third kappa shape index (κ3) is 3.93. The maximum absolute atomic E-state index is 12.4. The van der Waals surface area contributed by atoms with Crippen LogP contribution < -0.4 is 20.3 Å². The number of fused-ring (bicyclic) bond motifs is 4. The van der Waals surface area contributed by atoms with Crippen molar-refractivity contribution in [3.63, 3.8) is 0 Å². The molecule has 168 valence electrons. The third-order valence-electron chi connectivity index (χ3n) is 5.75. The zero-order valence-corrected chi connectivity index (χ0v) is 18.3. The SMILES string of the molecule is Cc1nc2c3ccccc3nn2c(C)c1CCC(=O)NNC(=O)C1COc2ccccc2O1. The molecule has 9 nitrogen and oxygen atoms in total. The lowest BCUT2D eigenvalue weighted by Gasteiger charge is -2.25. The van der Waals surface area contributed by atoms with E-state index in [1.165, 1.54) is 0 Å². The Hall–Kier alpha value is -4.14. The Morgan fingerprint density at radius 2 is 1.82 bits per heavy atom. The highest BCUT2D eigenvalue weighted by Gasteiger charge is 2.27. The Morgan fingerprint density at radius 3 is 2.67 bits per heavy atom.